The van der Waals surface area contributed by atoms with Gasteiger partial charge in [-0.05, 0) is 29.7 Å². The molecule has 5 nitrogen and oxygen atoms in total. The molecule has 1 fully saturated rings. The van der Waals surface area contributed by atoms with Crippen molar-refractivity contribution < 1.29 is 14.7 Å². The first-order valence-electron chi connectivity index (χ1n) is 6.38. The van der Waals surface area contributed by atoms with Crippen molar-refractivity contribution in [1.82, 2.24) is 4.90 Å². The number of carbonyl (C=O) groups excluding carboxylic acids is 2. The first-order valence-corrected chi connectivity index (χ1v) is 6.38. The van der Waals surface area contributed by atoms with Crippen LogP contribution in [-0.4, -0.2) is 34.9 Å². The molecule has 1 aliphatic rings. The van der Waals surface area contributed by atoms with Crippen LogP contribution in [-0.2, 0) is 4.79 Å². The van der Waals surface area contributed by atoms with Crippen LogP contribution in [0.3, 0.4) is 0 Å². The van der Waals surface area contributed by atoms with Gasteiger partial charge in [0.1, 0.15) is 5.75 Å². The van der Waals surface area contributed by atoms with Gasteiger partial charge in [-0.2, -0.15) is 0 Å². The van der Waals surface area contributed by atoms with E-state index in [-0.39, 0.29) is 22.8 Å². The van der Waals surface area contributed by atoms with E-state index in [4.69, 9.17) is 0 Å². The van der Waals surface area contributed by atoms with E-state index in [0.717, 1.165) is 6.08 Å². The van der Waals surface area contributed by atoms with Crippen LogP contribution >= 0.6 is 0 Å². The van der Waals surface area contributed by atoms with Crippen molar-refractivity contribution in [3.8, 4) is 5.75 Å². The Morgan fingerprint density at radius 1 is 1.40 bits per heavy atom. The Kier molecular flexibility index (Phi) is 3.53. The average molecular weight is 274 g/mol. The number of rotatable bonds is 3. The lowest BCUT2D eigenvalue weighted by Crippen LogP contribution is -2.55. The number of phenols is 1. The van der Waals surface area contributed by atoms with Crippen molar-refractivity contribution in [2.24, 2.45) is 5.41 Å². The second-order valence-electron chi connectivity index (χ2n) is 5.75. The lowest BCUT2D eigenvalue weighted by atomic mass is 9.84. The summed E-state index contributed by atoms with van der Waals surface area (Å²) in [6.07, 6.45) is 1.10. The Hall–Kier alpha value is -2.30. The molecule has 0 spiro atoms. The van der Waals surface area contributed by atoms with Gasteiger partial charge in [0.2, 0.25) is 5.91 Å². The fourth-order valence-corrected chi connectivity index (χ4v) is 2.27. The SMILES string of the molecule is C=CC(=O)Nc1cc(C(=O)N2CC(C)(C)C2)ccc1O. The summed E-state index contributed by atoms with van der Waals surface area (Å²) in [4.78, 5) is 25.3. The molecule has 1 aromatic carbocycles. The van der Waals surface area contributed by atoms with Crippen molar-refractivity contribution in [3.63, 3.8) is 0 Å². The Labute approximate surface area is 117 Å². The molecule has 20 heavy (non-hydrogen) atoms. The number of anilines is 1. The van der Waals surface area contributed by atoms with Gasteiger partial charge >= 0.3 is 0 Å². The predicted octanol–water partition coefficient (Wildman–Crippen LogP) is 2.00. The van der Waals surface area contributed by atoms with E-state index in [1.807, 2.05) is 0 Å². The Morgan fingerprint density at radius 2 is 2.05 bits per heavy atom. The van der Waals surface area contributed by atoms with Crippen molar-refractivity contribution in [2.75, 3.05) is 18.4 Å². The van der Waals surface area contributed by atoms with E-state index >= 15 is 0 Å². The molecule has 1 heterocycles. The lowest BCUT2D eigenvalue weighted by molar-refractivity contribution is -0.111. The summed E-state index contributed by atoms with van der Waals surface area (Å²) in [6.45, 7) is 8.96. The molecule has 1 aliphatic heterocycles. The van der Waals surface area contributed by atoms with Gasteiger partial charge < -0.3 is 15.3 Å². The molecular formula is C15H18N2O3. The summed E-state index contributed by atoms with van der Waals surface area (Å²) < 4.78 is 0. The van der Waals surface area contributed by atoms with Crippen molar-refractivity contribution in [2.45, 2.75) is 13.8 Å². The Morgan fingerprint density at radius 3 is 2.60 bits per heavy atom. The number of nitrogens with zero attached hydrogens (tertiary/aromatic N) is 1. The highest BCUT2D eigenvalue weighted by molar-refractivity contribution is 6.02. The number of hydrogen-bond acceptors (Lipinski definition) is 3. The lowest BCUT2D eigenvalue weighted by Gasteiger charge is -2.45. The van der Waals surface area contributed by atoms with Gasteiger partial charge in [0.25, 0.3) is 5.91 Å². The topological polar surface area (TPSA) is 69.6 Å². The third-order valence-electron chi connectivity index (χ3n) is 3.21. The molecule has 0 radical (unpaired) electrons. The summed E-state index contributed by atoms with van der Waals surface area (Å²) in [5.74, 6) is -0.617. The third kappa shape index (κ3) is 2.82. The molecular weight excluding hydrogens is 256 g/mol. The quantitative estimate of drug-likeness (QED) is 0.654. The van der Waals surface area contributed by atoms with Crippen LogP contribution in [0.2, 0.25) is 0 Å². The van der Waals surface area contributed by atoms with Crippen LogP contribution in [0, 0.1) is 5.41 Å². The molecule has 0 aromatic heterocycles. The Balaban J connectivity index is 2.17. The van der Waals surface area contributed by atoms with E-state index in [1.165, 1.54) is 12.1 Å². The highest BCUT2D eigenvalue weighted by Crippen LogP contribution is 2.31. The summed E-state index contributed by atoms with van der Waals surface area (Å²) in [6, 6.07) is 4.42. The van der Waals surface area contributed by atoms with Crippen LogP contribution in [0.1, 0.15) is 24.2 Å². The molecule has 0 unspecified atom stereocenters. The first kappa shape index (κ1) is 14.1. The number of benzene rings is 1. The van der Waals surface area contributed by atoms with Gasteiger partial charge in [-0.1, -0.05) is 20.4 Å². The summed E-state index contributed by atoms with van der Waals surface area (Å²) >= 11 is 0. The second-order valence-corrected chi connectivity index (χ2v) is 5.75. The van der Waals surface area contributed by atoms with Crippen LogP contribution in [0.25, 0.3) is 0 Å². The zero-order chi connectivity index (χ0) is 14.9. The number of carbonyl (C=O) groups is 2. The van der Waals surface area contributed by atoms with Gasteiger partial charge in [0, 0.05) is 18.7 Å². The van der Waals surface area contributed by atoms with Crippen LogP contribution in [0.15, 0.2) is 30.9 Å². The van der Waals surface area contributed by atoms with E-state index < -0.39 is 5.91 Å². The largest absolute Gasteiger partial charge is 0.506 e. The second kappa shape index (κ2) is 5.00. The monoisotopic (exact) mass is 274 g/mol. The number of nitrogens with one attached hydrogen (secondary N) is 1. The van der Waals surface area contributed by atoms with Gasteiger partial charge in [0.05, 0.1) is 5.69 Å². The Bertz CT molecular complexity index is 570. The fraction of sp³-hybridized carbons (Fsp3) is 0.333. The summed E-state index contributed by atoms with van der Waals surface area (Å²) in [5.41, 5.74) is 0.810. The van der Waals surface area contributed by atoms with Gasteiger partial charge in [-0.3, -0.25) is 9.59 Å². The summed E-state index contributed by atoms with van der Waals surface area (Å²) in [7, 11) is 0. The summed E-state index contributed by atoms with van der Waals surface area (Å²) in [5, 5.41) is 12.1. The molecule has 5 heteroatoms. The van der Waals surface area contributed by atoms with E-state index in [9.17, 15) is 14.7 Å². The predicted molar refractivity (Wildman–Crippen MR) is 76.6 cm³/mol. The normalized spacial score (nSPS) is 16.2. The maximum Gasteiger partial charge on any atom is 0.253 e. The standard InChI is InChI=1S/C15H18N2O3/c1-4-13(19)16-11-7-10(5-6-12(11)18)14(20)17-8-15(2,3)9-17/h4-7,18H,1,8-9H2,2-3H3,(H,16,19). The van der Waals surface area contributed by atoms with E-state index in [0.29, 0.717) is 18.7 Å². The molecule has 2 amide bonds. The number of amides is 2. The van der Waals surface area contributed by atoms with Gasteiger partial charge in [-0.25, -0.2) is 0 Å². The molecule has 0 atom stereocenters. The maximum atomic E-state index is 12.2. The fourth-order valence-electron chi connectivity index (χ4n) is 2.27. The van der Waals surface area contributed by atoms with Crippen LogP contribution < -0.4 is 5.32 Å². The first-order chi connectivity index (χ1) is 9.32. The van der Waals surface area contributed by atoms with Crippen molar-refractivity contribution >= 4 is 17.5 Å². The highest BCUT2D eigenvalue weighted by Gasteiger charge is 2.37. The number of likely N-dealkylation sites (tertiary alicyclic amines) is 1. The molecule has 2 N–H and O–H groups in total. The molecule has 0 saturated carbocycles. The van der Waals surface area contributed by atoms with Crippen LogP contribution in [0.5, 0.6) is 5.75 Å². The third-order valence-corrected chi connectivity index (χ3v) is 3.21. The number of aromatic hydroxyl groups is 1. The zero-order valence-electron chi connectivity index (χ0n) is 11.6. The maximum absolute atomic E-state index is 12.2. The van der Waals surface area contributed by atoms with E-state index in [1.54, 1.807) is 11.0 Å². The average Bonchev–Trinajstić information content (AvgIpc) is 2.37. The molecule has 0 bridgehead atoms. The number of hydrogen-bond donors (Lipinski definition) is 2. The van der Waals surface area contributed by atoms with Gasteiger partial charge in [0.15, 0.2) is 0 Å². The minimum Gasteiger partial charge on any atom is -0.506 e. The van der Waals surface area contributed by atoms with E-state index in [2.05, 4.69) is 25.7 Å². The molecule has 2 rings (SSSR count). The highest BCUT2D eigenvalue weighted by atomic mass is 16.3. The smallest absolute Gasteiger partial charge is 0.253 e. The zero-order valence-corrected chi connectivity index (χ0v) is 11.6. The molecule has 1 saturated heterocycles. The van der Waals surface area contributed by atoms with Crippen LogP contribution in [0.4, 0.5) is 5.69 Å². The minimum absolute atomic E-state index is 0.0827. The number of phenolic OH excluding ortho intramolecular Hbond substituents is 1. The molecule has 0 aliphatic carbocycles. The van der Waals surface area contributed by atoms with Gasteiger partial charge in [-0.15, -0.1) is 0 Å². The molecule has 106 valence electrons. The minimum atomic E-state index is -0.435. The molecule has 1 aromatic rings. The van der Waals surface area contributed by atoms with Crippen molar-refractivity contribution in [1.29, 1.82) is 0 Å². The van der Waals surface area contributed by atoms with Crippen molar-refractivity contribution in [3.05, 3.63) is 36.4 Å².